The first-order valence-corrected chi connectivity index (χ1v) is 11.0. The number of anilines is 1. The molecule has 1 fully saturated rings. The van der Waals surface area contributed by atoms with Crippen molar-refractivity contribution < 1.29 is 29.0 Å². The first kappa shape index (κ1) is 21.3. The molecule has 2 aliphatic rings. The van der Waals surface area contributed by atoms with Gasteiger partial charge in [-0.25, -0.2) is 0 Å². The Morgan fingerprint density at radius 3 is 2.87 bits per heavy atom. The van der Waals surface area contributed by atoms with Crippen LogP contribution in [0.25, 0.3) is 0 Å². The van der Waals surface area contributed by atoms with E-state index in [0.29, 0.717) is 29.8 Å². The molecule has 2 aliphatic heterocycles. The second-order valence-electron chi connectivity index (χ2n) is 7.78. The zero-order valence-electron chi connectivity index (χ0n) is 17.1. The number of rotatable bonds is 5. The molecule has 0 spiro atoms. The molecular formula is C22H24N2O6S. The maximum Gasteiger partial charge on any atom is 0.305 e. The summed E-state index contributed by atoms with van der Waals surface area (Å²) in [6.45, 7) is 0.218. The summed E-state index contributed by atoms with van der Waals surface area (Å²) in [5.74, 6) is -0.867. The average Bonchev–Trinajstić information content (AvgIpc) is 3.23. The Bertz CT molecular complexity index is 976. The highest BCUT2D eigenvalue weighted by molar-refractivity contribution is 7.10. The molecule has 0 saturated carbocycles. The Hall–Kier alpha value is -2.91. The lowest BCUT2D eigenvalue weighted by Gasteiger charge is -2.42. The molecule has 9 heteroatoms. The van der Waals surface area contributed by atoms with Crippen molar-refractivity contribution in [2.24, 2.45) is 0 Å². The highest BCUT2D eigenvalue weighted by Gasteiger charge is 2.39. The van der Waals surface area contributed by atoms with Gasteiger partial charge in [0.1, 0.15) is 18.5 Å². The van der Waals surface area contributed by atoms with Crippen molar-refractivity contribution >= 4 is 34.8 Å². The van der Waals surface area contributed by atoms with E-state index in [2.05, 4.69) is 5.32 Å². The van der Waals surface area contributed by atoms with E-state index in [1.54, 1.807) is 30.1 Å². The van der Waals surface area contributed by atoms with Gasteiger partial charge in [0.15, 0.2) is 0 Å². The van der Waals surface area contributed by atoms with Crippen LogP contribution in [0.4, 0.5) is 5.69 Å². The third-order valence-corrected chi connectivity index (χ3v) is 6.49. The van der Waals surface area contributed by atoms with E-state index >= 15 is 0 Å². The third kappa shape index (κ3) is 4.88. The Labute approximate surface area is 183 Å². The van der Waals surface area contributed by atoms with Gasteiger partial charge in [-0.2, -0.15) is 0 Å². The van der Waals surface area contributed by atoms with Crippen molar-refractivity contribution in [2.45, 2.75) is 43.9 Å². The van der Waals surface area contributed by atoms with Crippen molar-refractivity contribution in [2.75, 3.05) is 19.0 Å². The normalized spacial score (nSPS) is 23.1. The standard InChI is InChI=1S/C22H24N2O6S/c1-24-17-6-5-14(10-21(26)27)30-19(17)12-29-18-7-4-13(9-16(18)22(24)28)23-20(25)11-15-3-2-8-31-15/h2-4,7-9,14,17,19H,5-6,10-12H2,1H3,(H,23,25)(H,26,27)/t14-,17-,19-/m0/s1. The topological polar surface area (TPSA) is 105 Å². The largest absolute Gasteiger partial charge is 0.490 e. The lowest BCUT2D eigenvalue weighted by atomic mass is 9.94. The summed E-state index contributed by atoms with van der Waals surface area (Å²) in [6, 6.07) is 8.60. The predicted molar refractivity (Wildman–Crippen MR) is 115 cm³/mol. The number of carboxylic acid groups (broad SMARTS) is 1. The predicted octanol–water partition coefficient (Wildman–Crippen LogP) is 2.78. The molecule has 3 atom stereocenters. The molecule has 0 unspecified atom stereocenters. The SMILES string of the molecule is CN1C(=O)c2cc(NC(=O)Cc3cccs3)ccc2OC[C@@H]2O[C@H](CC(=O)O)CC[C@@H]21. The van der Waals surface area contributed by atoms with Gasteiger partial charge in [-0.05, 0) is 42.5 Å². The van der Waals surface area contributed by atoms with E-state index in [1.165, 1.54) is 11.3 Å². The molecule has 3 heterocycles. The van der Waals surface area contributed by atoms with Crippen molar-refractivity contribution in [3.05, 3.63) is 46.2 Å². The van der Waals surface area contributed by atoms with Crippen molar-refractivity contribution in [1.29, 1.82) is 0 Å². The average molecular weight is 445 g/mol. The number of fused-ring (bicyclic) bond motifs is 2. The molecule has 2 aromatic rings. The molecule has 1 aromatic carbocycles. The zero-order chi connectivity index (χ0) is 22.0. The fraction of sp³-hybridized carbons (Fsp3) is 0.409. The van der Waals surface area contributed by atoms with E-state index in [4.69, 9.17) is 14.6 Å². The summed E-state index contributed by atoms with van der Waals surface area (Å²) in [7, 11) is 1.72. The number of hydrogen-bond donors (Lipinski definition) is 2. The van der Waals surface area contributed by atoms with Gasteiger partial charge in [-0.1, -0.05) is 6.07 Å². The fourth-order valence-electron chi connectivity index (χ4n) is 4.08. The monoisotopic (exact) mass is 444 g/mol. The molecule has 0 radical (unpaired) electrons. The summed E-state index contributed by atoms with van der Waals surface area (Å²) in [5.41, 5.74) is 0.909. The highest BCUT2D eigenvalue weighted by Crippen LogP contribution is 2.32. The van der Waals surface area contributed by atoms with Crippen molar-refractivity contribution in [1.82, 2.24) is 4.90 Å². The summed E-state index contributed by atoms with van der Waals surface area (Å²) in [4.78, 5) is 39.1. The minimum atomic E-state index is -0.904. The zero-order valence-corrected chi connectivity index (χ0v) is 17.9. The molecule has 4 rings (SSSR count). The number of carboxylic acids is 1. The van der Waals surface area contributed by atoms with E-state index in [0.717, 1.165) is 4.88 Å². The van der Waals surface area contributed by atoms with Crippen LogP contribution in [0.5, 0.6) is 5.75 Å². The summed E-state index contributed by atoms with van der Waals surface area (Å²) in [6.07, 6.45) is 0.636. The van der Waals surface area contributed by atoms with Crippen molar-refractivity contribution in [3.63, 3.8) is 0 Å². The van der Waals surface area contributed by atoms with E-state index in [1.807, 2.05) is 17.5 Å². The number of benzene rings is 1. The molecule has 164 valence electrons. The quantitative estimate of drug-likeness (QED) is 0.735. The smallest absolute Gasteiger partial charge is 0.305 e. The molecule has 2 amide bonds. The van der Waals surface area contributed by atoms with Crippen LogP contribution < -0.4 is 10.1 Å². The number of thiophene rings is 1. The molecule has 0 bridgehead atoms. The Morgan fingerprint density at radius 2 is 2.13 bits per heavy atom. The number of amides is 2. The van der Waals surface area contributed by atoms with Gasteiger partial charge in [0, 0.05) is 17.6 Å². The van der Waals surface area contributed by atoms with Gasteiger partial charge in [-0.15, -0.1) is 11.3 Å². The Morgan fingerprint density at radius 1 is 1.29 bits per heavy atom. The highest BCUT2D eigenvalue weighted by atomic mass is 32.1. The van der Waals surface area contributed by atoms with Crippen LogP contribution in [-0.2, 0) is 20.7 Å². The fourth-order valence-corrected chi connectivity index (χ4v) is 4.78. The number of nitrogens with zero attached hydrogens (tertiary/aromatic N) is 1. The number of carbonyl (C=O) groups is 3. The van der Waals surface area contributed by atoms with Crippen LogP contribution in [0, 0.1) is 0 Å². The van der Waals surface area contributed by atoms with E-state index < -0.39 is 12.1 Å². The first-order valence-electron chi connectivity index (χ1n) is 10.1. The first-order chi connectivity index (χ1) is 14.9. The molecule has 1 saturated heterocycles. The molecule has 1 aromatic heterocycles. The second-order valence-corrected chi connectivity index (χ2v) is 8.81. The summed E-state index contributed by atoms with van der Waals surface area (Å²) in [5, 5.41) is 13.8. The van der Waals surface area contributed by atoms with Crippen LogP contribution in [0.1, 0.15) is 34.5 Å². The van der Waals surface area contributed by atoms with Crippen LogP contribution in [-0.4, -0.2) is 59.7 Å². The number of carbonyl (C=O) groups excluding carboxylic acids is 2. The number of aliphatic carboxylic acids is 1. The number of hydrogen-bond acceptors (Lipinski definition) is 6. The second kappa shape index (κ2) is 9.07. The molecule has 2 N–H and O–H groups in total. The number of ether oxygens (including phenoxy) is 2. The minimum absolute atomic E-state index is 0.0635. The minimum Gasteiger partial charge on any atom is -0.490 e. The van der Waals surface area contributed by atoms with Crippen LogP contribution in [0.15, 0.2) is 35.7 Å². The van der Waals surface area contributed by atoms with Gasteiger partial charge < -0.3 is 24.8 Å². The Kier molecular flexibility index (Phi) is 6.24. The number of nitrogens with one attached hydrogen (secondary N) is 1. The lowest BCUT2D eigenvalue weighted by molar-refractivity contribution is -0.148. The van der Waals surface area contributed by atoms with Crippen molar-refractivity contribution in [3.8, 4) is 5.75 Å². The van der Waals surface area contributed by atoms with Gasteiger partial charge >= 0.3 is 5.97 Å². The maximum atomic E-state index is 13.2. The van der Waals surface area contributed by atoms with Gasteiger partial charge in [0.2, 0.25) is 5.91 Å². The van der Waals surface area contributed by atoms with Crippen LogP contribution >= 0.6 is 11.3 Å². The van der Waals surface area contributed by atoms with Gasteiger partial charge in [0.25, 0.3) is 5.91 Å². The molecule has 31 heavy (non-hydrogen) atoms. The van der Waals surface area contributed by atoms with Gasteiger partial charge in [-0.3, -0.25) is 14.4 Å². The van der Waals surface area contributed by atoms with Gasteiger partial charge in [0.05, 0.1) is 30.6 Å². The lowest BCUT2D eigenvalue weighted by Crippen LogP contribution is -2.53. The number of likely N-dealkylation sites (N-methyl/N-ethyl adjacent to an activating group) is 1. The third-order valence-electron chi connectivity index (χ3n) is 5.61. The summed E-state index contributed by atoms with van der Waals surface area (Å²) >= 11 is 1.52. The van der Waals surface area contributed by atoms with Crippen LogP contribution in [0.3, 0.4) is 0 Å². The molecular weight excluding hydrogens is 420 g/mol. The maximum absolute atomic E-state index is 13.2. The van der Waals surface area contributed by atoms with E-state index in [9.17, 15) is 14.4 Å². The Balaban J connectivity index is 1.49. The van der Waals surface area contributed by atoms with E-state index in [-0.39, 0.29) is 43.4 Å². The molecule has 0 aliphatic carbocycles. The van der Waals surface area contributed by atoms with Crippen LogP contribution in [0.2, 0.25) is 0 Å². The molecule has 8 nitrogen and oxygen atoms in total. The summed E-state index contributed by atoms with van der Waals surface area (Å²) < 4.78 is 11.8.